The van der Waals surface area contributed by atoms with Crippen molar-refractivity contribution in [2.75, 3.05) is 0 Å². The summed E-state index contributed by atoms with van der Waals surface area (Å²) in [7, 11) is 0. The Bertz CT molecular complexity index is 179. The Morgan fingerprint density at radius 2 is 2.55 bits per heavy atom. The molecule has 0 amide bonds. The van der Waals surface area contributed by atoms with E-state index >= 15 is 0 Å². The molecule has 1 unspecified atom stereocenters. The molecule has 1 aliphatic rings. The lowest BCUT2D eigenvalue weighted by Crippen LogP contribution is -2.09. The van der Waals surface area contributed by atoms with E-state index in [-0.39, 0.29) is 5.92 Å². The van der Waals surface area contributed by atoms with Crippen molar-refractivity contribution in [1.29, 1.82) is 0 Å². The molecule has 0 heterocycles. The van der Waals surface area contributed by atoms with Gasteiger partial charge < -0.3 is 4.79 Å². The molecule has 0 saturated heterocycles. The first-order valence-corrected chi connectivity index (χ1v) is 4.13. The average molecular weight is 150 g/mol. The van der Waals surface area contributed by atoms with E-state index in [0.717, 1.165) is 32.0 Å². The lowest BCUT2D eigenvalue weighted by atomic mass is 9.87. The van der Waals surface area contributed by atoms with Gasteiger partial charge in [-0.2, -0.15) is 0 Å². The lowest BCUT2D eigenvalue weighted by Gasteiger charge is -2.17. The zero-order valence-corrected chi connectivity index (χ0v) is 6.75. The van der Waals surface area contributed by atoms with Gasteiger partial charge in [-0.05, 0) is 25.7 Å². The lowest BCUT2D eigenvalue weighted by molar-refractivity contribution is -0.110. The maximum atomic E-state index is 10.6. The van der Waals surface area contributed by atoms with Crippen molar-refractivity contribution in [2.24, 2.45) is 5.92 Å². The molecule has 0 fully saturated rings. The highest BCUT2D eigenvalue weighted by Gasteiger charge is 2.14. The van der Waals surface area contributed by atoms with Gasteiger partial charge >= 0.3 is 0 Å². The molecule has 11 heavy (non-hydrogen) atoms. The van der Waals surface area contributed by atoms with Crippen LogP contribution in [0.2, 0.25) is 0 Å². The minimum absolute atomic E-state index is 0.182. The normalized spacial score (nSPS) is 24.0. The standard InChI is InChI=1S/C10H14O/c1-2-5-9-6-3-4-7-10(9)8-11/h2,6,8,10H,1,3-5,7H2. The molecule has 0 saturated carbocycles. The topological polar surface area (TPSA) is 17.1 Å². The Morgan fingerprint density at radius 1 is 1.73 bits per heavy atom. The molecule has 0 aromatic carbocycles. The van der Waals surface area contributed by atoms with Crippen LogP contribution in [0.3, 0.4) is 0 Å². The van der Waals surface area contributed by atoms with Crippen molar-refractivity contribution in [3.63, 3.8) is 0 Å². The number of allylic oxidation sites excluding steroid dienone is 3. The van der Waals surface area contributed by atoms with Crippen LogP contribution in [-0.4, -0.2) is 6.29 Å². The molecule has 60 valence electrons. The Morgan fingerprint density at radius 3 is 3.18 bits per heavy atom. The van der Waals surface area contributed by atoms with Crippen molar-refractivity contribution in [2.45, 2.75) is 25.7 Å². The third-order valence-electron chi connectivity index (χ3n) is 2.15. The third kappa shape index (κ3) is 2.04. The fourth-order valence-electron chi connectivity index (χ4n) is 1.52. The first kappa shape index (κ1) is 8.25. The average Bonchev–Trinajstić information content (AvgIpc) is 2.06. The third-order valence-corrected chi connectivity index (χ3v) is 2.15. The van der Waals surface area contributed by atoms with Crippen LogP contribution >= 0.6 is 0 Å². The van der Waals surface area contributed by atoms with Crippen molar-refractivity contribution in [3.05, 3.63) is 24.3 Å². The Labute approximate surface area is 67.8 Å². The summed E-state index contributed by atoms with van der Waals surface area (Å²) in [6, 6.07) is 0. The predicted octanol–water partition coefficient (Wildman–Crippen LogP) is 2.49. The molecule has 1 nitrogen and oxygen atoms in total. The van der Waals surface area contributed by atoms with Gasteiger partial charge in [0.05, 0.1) is 0 Å². The van der Waals surface area contributed by atoms with Gasteiger partial charge in [0.1, 0.15) is 6.29 Å². The first-order chi connectivity index (χ1) is 5.38. The van der Waals surface area contributed by atoms with Gasteiger partial charge in [0.15, 0.2) is 0 Å². The number of carbonyl (C=O) groups excluding carboxylic acids is 1. The number of carbonyl (C=O) groups is 1. The fourth-order valence-corrected chi connectivity index (χ4v) is 1.52. The molecule has 0 aliphatic heterocycles. The molecule has 1 aliphatic carbocycles. The second-order valence-electron chi connectivity index (χ2n) is 2.95. The maximum Gasteiger partial charge on any atom is 0.127 e. The molecular formula is C10H14O. The molecule has 0 aromatic heterocycles. The van der Waals surface area contributed by atoms with Crippen LogP contribution < -0.4 is 0 Å². The van der Waals surface area contributed by atoms with Crippen molar-refractivity contribution >= 4 is 6.29 Å². The van der Waals surface area contributed by atoms with E-state index in [1.165, 1.54) is 5.57 Å². The van der Waals surface area contributed by atoms with Gasteiger partial charge in [0, 0.05) is 5.92 Å². The van der Waals surface area contributed by atoms with E-state index < -0.39 is 0 Å². The SMILES string of the molecule is C=CCC1=CCCCC1C=O. The van der Waals surface area contributed by atoms with Crippen molar-refractivity contribution < 1.29 is 4.79 Å². The van der Waals surface area contributed by atoms with Crippen molar-refractivity contribution in [1.82, 2.24) is 0 Å². The Hall–Kier alpha value is -0.850. The first-order valence-electron chi connectivity index (χ1n) is 4.13. The number of aldehydes is 1. The summed E-state index contributed by atoms with van der Waals surface area (Å²) in [6.45, 7) is 3.67. The largest absolute Gasteiger partial charge is 0.303 e. The van der Waals surface area contributed by atoms with E-state index in [4.69, 9.17) is 0 Å². The molecule has 1 rings (SSSR count). The second-order valence-corrected chi connectivity index (χ2v) is 2.95. The maximum absolute atomic E-state index is 10.6. The van der Waals surface area contributed by atoms with Crippen LogP contribution in [0.25, 0.3) is 0 Å². The van der Waals surface area contributed by atoms with Crippen LogP contribution in [0.15, 0.2) is 24.3 Å². The summed E-state index contributed by atoms with van der Waals surface area (Å²) in [5.74, 6) is 0.182. The molecule has 0 bridgehead atoms. The Balaban J connectivity index is 2.62. The smallest absolute Gasteiger partial charge is 0.127 e. The van der Waals surface area contributed by atoms with Crippen LogP contribution in [0.4, 0.5) is 0 Å². The van der Waals surface area contributed by atoms with E-state index in [9.17, 15) is 4.79 Å². The minimum Gasteiger partial charge on any atom is -0.303 e. The van der Waals surface area contributed by atoms with Crippen LogP contribution in [0, 0.1) is 5.92 Å². The quantitative estimate of drug-likeness (QED) is 0.446. The fraction of sp³-hybridized carbons (Fsp3) is 0.500. The summed E-state index contributed by atoms with van der Waals surface area (Å²) in [4.78, 5) is 10.6. The van der Waals surface area contributed by atoms with E-state index in [1.54, 1.807) is 0 Å². The number of hydrogen-bond acceptors (Lipinski definition) is 1. The number of hydrogen-bond donors (Lipinski definition) is 0. The van der Waals surface area contributed by atoms with Gasteiger partial charge in [-0.1, -0.05) is 17.7 Å². The summed E-state index contributed by atoms with van der Waals surface area (Å²) in [6.07, 6.45) is 9.32. The summed E-state index contributed by atoms with van der Waals surface area (Å²) < 4.78 is 0. The highest BCUT2D eigenvalue weighted by atomic mass is 16.1. The van der Waals surface area contributed by atoms with Gasteiger partial charge in [0.25, 0.3) is 0 Å². The molecular weight excluding hydrogens is 136 g/mol. The monoisotopic (exact) mass is 150 g/mol. The van der Waals surface area contributed by atoms with Gasteiger partial charge in [-0.15, -0.1) is 6.58 Å². The van der Waals surface area contributed by atoms with E-state index in [1.807, 2.05) is 6.08 Å². The minimum atomic E-state index is 0.182. The Kier molecular flexibility index (Phi) is 3.09. The molecule has 0 aromatic rings. The molecule has 0 N–H and O–H groups in total. The number of rotatable bonds is 3. The molecule has 1 heteroatoms. The van der Waals surface area contributed by atoms with Gasteiger partial charge in [0.2, 0.25) is 0 Å². The molecule has 0 radical (unpaired) electrons. The zero-order chi connectivity index (χ0) is 8.10. The van der Waals surface area contributed by atoms with Crippen LogP contribution in [0.5, 0.6) is 0 Å². The second kappa shape index (κ2) is 4.12. The summed E-state index contributed by atoms with van der Waals surface area (Å²) in [5, 5.41) is 0. The predicted molar refractivity (Wildman–Crippen MR) is 46.3 cm³/mol. The summed E-state index contributed by atoms with van der Waals surface area (Å²) in [5.41, 5.74) is 1.27. The van der Waals surface area contributed by atoms with Crippen molar-refractivity contribution in [3.8, 4) is 0 Å². The van der Waals surface area contributed by atoms with Crippen LogP contribution in [-0.2, 0) is 4.79 Å². The molecule has 1 atom stereocenters. The zero-order valence-electron chi connectivity index (χ0n) is 6.75. The summed E-state index contributed by atoms with van der Waals surface area (Å²) >= 11 is 0. The van der Waals surface area contributed by atoms with Gasteiger partial charge in [-0.25, -0.2) is 0 Å². The highest BCUT2D eigenvalue weighted by molar-refractivity contribution is 5.59. The van der Waals surface area contributed by atoms with E-state index in [0.29, 0.717) is 0 Å². The van der Waals surface area contributed by atoms with Gasteiger partial charge in [-0.3, -0.25) is 0 Å². The van der Waals surface area contributed by atoms with E-state index in [2.05, 4.69) is 12.7 Å². The molecule has 0 spiro atoms. The highest BCUT2D eigenvalue weighted by Crippen LogP contribution is 2.25. The van der Waals surface area contributed by atoms with Crippen LogP contribution in [0.1, 0.15) is 25.7 Å².